The Morgan fingerprint density at radius 3 is 2.43 bits per heavy atom. The van der Waals surface area contributed by atoms with Gasteiger partial charge in [0.2, 0.25) is 6.10 Å². The van der Waals surface area contributed by atoms with Gasteiger partial charge in [0.1, 0.15) is 5.56 Å². The molecule has 28 heavy (non-hydrogen) atoms. The Morgan fingerprint density at radius 2 is 1.82 bits per heavy atom. The standard InChI is InChI=1S/C20H20N2O5S/c1-28-15-9-10-17(22(25)26)16(13-15)20(24)27-18(14-7-3-2-4-8-14)19(23)21-11-5-6-12-21/h2-4,7-10,13,18H,5-6,11-12H2,1H3/t18-/m1/s1. The van der Waals surface area contributed by atoms with Crippen molar-refractivity contribution in [1.29, 1.82) is 0 Å². The van der Waals surface area contributed by atoms with Crippen LogP contribution in [0.15, 0.2) is 53.4 Å². The molecule has 1 aliphatic rings. The predicted octanol–water partition coefficient (Wildman–Crippen LogP) is 3.84. The second-order valence-electron chi connectivity index (χ2n) is 6.37. The number of hydrogen-bond acceptors (Lipinski definition) is 6. The minimum absolute atomic E-state index is 0.160. The number of hydrogen-bond donors (Lipinski definition) is 0. The molecular formula is C20H20N2O5S. The van der Waals surface area contributed by atoms with Crippen molar-refractivity contribution in [2.75, 3.05) is 19.3 Å². The fourth-order valence-corrected chi connectivity index (χ4v) is 3.57. The van der Waals surface area contributed by atoms with Gasteiger partial charge in [-0.25, -0.2) is 4.79 Å². The Bertz CT molecular complexity index is 881. The minimum atomic E-state index is -1.13. The summed E-state index contributed by atoms with van der Waals surface area (Å²) in [7, 11) is 0. The third-order valence-corrected chi connectivity index (χ3v) is 5.31. The molecule has 3 rings (SSSR count). The molecule has 7 nitrogen and oxygen atoms in total. The largest absolute Gasteiger partial charge is 0.443 e. The Balaban J connectivity index is 1.93. The van der Waals surface area contributed by atoms with E-state index in [2.05, 4.69) is 0 Å². The molecule has 1 amide bonds. The molecule has 0 saturated carbocycles. The number of nitrogens with zero attached hydrogens (tertiary/aromatic N) is 2. The highest BCUT2D eigenvalue weighted by Crippen LogP contribution is 2.29. The van der Waals surface area contributed by atoms with Crippen LogP contribution in [-0.2, 0) is 9.53 Å². The molecule has 0 unspecified atom stereocenters. The molecule has 0 N–H and O–H groups in total. The molecule has 0 aromatic heterocycles. The molecule has 1 heterocycles. The van der Waals surface area contributed by atoms with Gasteiger partial charge < -0.3 is 9.64 Å². The number of amides is 1. The molecule has 2 aromatic rings. The van der Waals surface area contributed by atoms with Gasteiger partial charge >= 0.3 is 5.97 Å². The SMILES string of the molecule is CSc1ccc([N+](=O)[O-])c(C(=O)O[C@@H](C(=O)N2CCCC2)c2ccccc2)c1. The first-order chi connectivity index (χ1) is 13.5. The zero-order chi connectivity index (χ0) is 20.1. The lowest BCUT2D eigenvalue weighted by molar-refractivity contribution is -0.385. The lowest BCUT2D eigenvalue weighted by atomic mass is 10.1. The number of esters is 1. The van der Waals surface area contributed by atoms with E-state index < -0.39 is 17.0 Å². The van der Waals surface area contributed by atoms with Gasteiger partial charge in [-0.05, 0) is 31.2 Å². The van der Waals surface area contributed by atoms with Crippen LogP contribution in [0.2, 0.25) is 0 Å². The van der Waals surface area contributed by atoms with Gasteiger partial charge in [0.15, 0.2) is 0 Å². The van der Waals surface area contributed by atoms with Crippen LogP contribution < -0.4 is 0 Å². The van der Waals surface area contributed by atoms with Gasteiger partial charge in [-0.3, -0.25) is 14.9 Å². The molecule has 0 aliphatic carbocycles. The number of likely N-dealkylation sites (tertiary alicyclic amines) is 1. The summed E-state index contributed by atoms with van der Waals surface area (Å²) in [5.74, 6) is -1.19. The smallest absolute Gasteiger partial charge is 0.346 e. The Labute approximate surface area is 166 Å². The molecule has 1 fully saturated rings. The second kappa shape index (κ2) is 8.88. The first-order valence-electron chi connectivity index (χ1n) is 8.88. The Kier molecular flexibility index (Phi) is 6.30. The summed E-state index contributed by atoms with van der Waals surface area (Å²) in [5.41, 5.74) is 0.0339. The van der Waals surface area contributed by atoms with Crippen molar-refractivity contribution in [3.8, 4) is 0 Å². The lowest BCUT2D eigenvalue weighted by Crippen LogP contribution is -2.35. The van der Waals surface area contributed by atoms with Crippen molar-refractivity contribution < 1.29 is 19.2 Å². The quantitative estimate of drug-likeness (QED) is 0.317. The summed E-state index contributed by atoms with van der Waals surface area (Å²) >= 11 is 1.36. The Morgan fingerprint density at radius 1 is 1.14 bits per heavy atom. The molecule has 1 aliphatic heterocycles. The van der Waals surface area contributed by atoms with E-state index in [1.807, 2.05) is 0 Å². The van der Waals surface area contributed by atoms with Gasteiger partial charge in [-0.2, -0.15) is 0 Å². The highest BCUT2D eigenvalue weighted by molar-refractivity contribution is 7.98. The minimum Gasteiger partial charge on any atom is -0.443 e. The molecule has 146 valence electrons. The van der Waals surface area contributed by atoms with Gasteiger partial charge in [0.25, 0.3) is 11.6 Å². The molecule has 0 radical (unpaired) electrons. The third kappa shape index (κ3) is 4.33. The number of carbonyl (C=O) groups is 2. The van der Waals surface area contributed by atoms with Crippen molar-refractivity contribution in [3.63, 3.8) is 0 Å². The monoisotopic (exact) mass is 400 g/mol. The van der Waals surface area contributed by atoms with E-state index in [4.69, 9.17) is 4.74 Å². The van der Waals surface area contributed by atoms with Crippen molar-refractivity contribution in [3.05, 3.63) is 69.8 Å². The molecule has 1 atom stereocenters. The van der Waals surface area contributed by atoms with Crippen LogP contribution in [0, 0.1) is 10.1 Å². The van der Waals surface area contributed by atoms with E-state index >= 15 is 0 Å². The zero-order valence-corrected chi connectivity index (χ0v) is 16.2. The second-order valence-corrected chi connectivity index (χ2v) is 7.25. The molecule has 1 saturated heterocycles. The van der Waals surface area contributed by atoms with Crippen LogP contribution in [0.5, 0.6) is 0 Å². The number of benzene rings is 2. The molecule has 0 bridgehead atoms. The Hall–Kier alpha value is -2.87. The van der Waals surface area contributed by atoms with Crippen molar-refractivity contribution in [1.82, 2.24) is 4.90 Å². The van der Waals surface area contributed by atoms with E-state index in [1.165, 1.54) is 23.9 Å². The fourth-order valence-electron chi connectivity index (χ4n) is 3.13. The van der Waals surface area contributed by atoms with E-state index in [0.717, 1.165) is 12.8 Å². The van der Waals surface area contributed by atoms with E-state index in [-0.39, 0.29) is 17.2 Å². The molecule has 2 aromatic carbocycles. The van der Waals surface area contributed by atoms with Crippen molar-refractivity contribution in [2.45, 2.75) is 23.8 Å². The van der Waals surface area contributed by atoms with Crippen LogP contribution in [-0.4, -0.2) is 41.0 Å². The summed E-state index contributed by atoms with van der Waals surface area (Å²) in [6, 6.07) is 13.0. The first kappa shape index (κ1) is 19.9. The maximum absolute atomic E-state index is 13.0. The average Bonchev–Trinajstić information content (AvgIpc) is 3.26. The summed E-state index contributed by atoms with van der Waals surface area (Å²) in [6.45, 7) is 1.23. The highest BCUT2D eigenvalue weighted by Gasteiger charge is 2.33. The molecule has 0 spiro atoms. The summed E-state index contributed by atoms with van der Waals surface area (Å²) in [5, 5.41) is 11.3. The fraction of sp³-hybridized carbons (Fsp3) is 0.300. The number of thioether (sulfide) groups is 1. The van der Waals surface area contributed by atoms with Crippen LogP contribution in [0.25, 0.3) is 0 Å². The number of nitro groups is 1. The van der Waals surface area contributed by atoms with E-state index in [1.54, 1.807) is 47.6 Å². The summed E-state index contributed by atoms with van der Waals surface area (Å²) in [6.07, 6.45) is 2.48. The van der Waals surface area contributed by atoms with Crippen LogP contribution in [0.4, 0.5) is 5.69 Å². The topological polar surface area (TPSA) is 89.7 Å². The van der Waals surface area contributed by atoms with Crippen molar-refractivity contribution >= 4 is 29.3 Å². The van der Waals surface area contributed by atoms with Gasteiger partial charge in [-0.15, -0.1) is 11.8 Å². The number of rotatable bonds is 6. The first-order valence-corrected chi connectivity index (χ1v) is 10.1. The number of ether oxygens (including phenoxy) is 1. The van der Waals surface area contributed by atoms with Crippen LogP contribution in [0.1, 0.15) is 34.9 Å². The summed E-state index contributed by atoms with van der Waals surface area (Å²) < 4.78 is 5.54. The number of nitro benzene ring substituents is 1. The number of carbonyl (C=O) groups excluding carboxylic acids is 2. The van der Waals surface area contributed by atoms with Crippen LogP contribution >= 0.6 is 11.8 Å². The van der Waals surface area contributed by atoms with E-state index in [0.29, 0.717) is 23.5 Å². The third-order valence-electron chi connectivity index (χ3n) is 4.59. The maximum Gasteiger partial charge on any atom is 0.346 e. The van der Waals surface area contributed by atoms with Gasteiger partial charge in [0.05, 0.1) is 4.92 Å². The molecule has 8 heteroatoms. The lowest BCUT2D eigenvalue weighted by Gasteiger charge is -2.23. The van der Waals surface area contributed by atoms with Crippen LogP contribution in [0.3, 0.4) is 0 Å². The average molecular weight is 400 g/mol. The maximum atomic E-state index is 13.0. The normalized spacial score (nSPS) is 14.5. The zero-order valence-electron chi connectivity index (χ0n) is 15.4. The highest BCUT2D eigenvalue weighted by atomic mass is 32.2. The summed E-state index contributed by atoms with van der Waals surface area (Å²) in [4.78, 5) is 38.9. The van der Waals surface area contributed by atoms with Crippen molar-refractivity contribution in [2.24, 2.45) is 0 Å². The molecular weight excluding hydrogens is 380 g/mol. The predicted molar refractivity (Wildman–Crippen MR) is 105 cm³/mol. The van der Waals surface area contributed by atoms with E-state index in [9.17, 15) is 19.7 Å². The van der Waals surface area contributed by atoms with Gasteiger partial charge in [-0.1, -0.05) is 30.3 Å². The van der Waals surface area contributed by atoms with Gasteiger partial charge in [0, 0.05) is 29.6 Å².